The molecular formula is C13H22N6O. The normalized spacial score (nSPS) is 21.5. The molecule has 1 amide bonds. The maximum absolute atomic E-state index is 12.2. The Balaban J connectivity index is 1.48. The van der Waals surface area contributed by atoms with Gasteiger partial charge >= 0.3 is 0 Å². The van der Waals surface area contributed by atoms with Gasteiger partial charge in [0, 0.05) is 19.1 Å². The van der Waals surface area contributed by atoms with Gasteiger partial charge in [0.1, 0.15) is 12.9 Å². The lowest BCUT2D eigenvalue weighted by Gasteiger charge is -2.36. The summed E-state index contributed by atoms with van der Waals surface area (Å²) >= 11 is 0. The van der Waals surface area contributed by atoms with E-state index in [1.165, 1.54) is 36.9 Å². The molecule has 2 aliphatic heterocycles. The molecule has 0 atom stereocenters. The molecule has 0 radical (unpaired) electrons. The van der Waals surface area contributed by atoms with E-state index in [0.717, 1.165) is 25.9 Å². The highest BCUT2D eigenvalue weighted by atomic mass is 16.2. The van der Waals surface area contributed by atoms with Crippen LogP contribution in [0.4, 0.5) is 5.95 Å². The van der Waals surface area contributed by atoms with Gasteiger partial charge in [-0.2, -0.15) is 0 Å². The Hall–Kier alpha value is -1.63. The quantitative estimate of drug-likeness (QED) is 0.838. The van der Waals surface area contributed by atoms with Crippen molar-refractivity contribution >= 4 is 11.9 Å². The smallest absolute Gasteiger partial charge is 0.244 e. The number of anilines is 1. The number of hydrogen-bond acceptors (Lipinski definition) is 5. The van der Waals surface area contributed by atoms with E-state index in [1.807, 2.05) is 4.90 Å². The molecule has 0 bridgehead atoms. The number of hydrogen-bond donors (Lipinski definition) is 1. The second-order valence-electron chi connectivity index (χ2n) is 5.66. The van der Waals surface area contributed by atoms with Crippen LogP contribution in [0.5, 0.6) is 0 Å². The monoisotopic (exact) mass is 278 g/mol. The molecule has 1 aromatic rings. The number of carbonyl (C=O) groups is 1. The van der Waals surface area contributed by atoms with E-state index in [1.54, 1.807) is 0 Å². The number of nitrogens with zero attached hydrogens (tertiary/aromatic N) is 5. The number of amides is 1. The molecule has 2 saturated heterocycles. The van der Waals surface area contributed by atoms with E-state index < -0.39 is 0 Å². The van der Waals surface area contributed by atoms with Gasteiger partial charge in [0.15, 0.2) is 0 Å². The summed E-state index contributed by atoms with van der Waals surface area (Å²) in [7, 11) is 0. The fourth-order valence-electron chi connectivity index (χ4n) is 3.21. The summed E-state index contributed by atoms with van der Waals surface area (Å²) in [5, 5.41) is 3.95. The molecular weight excluding hydrogens is 256 g/mol. The average molecular weight is 278 g/mol. The van der Waals surface area contributed by atoms with Gasteiger partial charge in [-0.05, 0) is 38.8 Å². The van der Waals surface area contributed by atoms with E-state index in [4.69, 9.17) is 5.73 Å². The summed E-state index contributed by atoms with van der Waals surface area (Å²) in [6.45, 7) is 4.40. The highest BCUT2D eigenvalue weighted by Gasteiger charge is 2.28. The zero-order valence-corrected chi connectivity index (χ0v) is 11.7. The molecule has 2 aliphatic rings. The third-order valence-corrected chi connectivity index (χ3v) is 4.33. The lowest BCUT2D eigenvalue weighted by Crippen LogP contribution is -2.46. The molecule has 0 saturated carbocycles. The molecule has 3 rings (SSSR count). The highest BCUT2D eigenvalue weighted by molar-refractivity contribution is 5.76. The standard InChI is InChI=1S/C13H22N6O/c14-13-15-10-19(16-13)9-12(20)18-7-3-11(4-8-18)17-5-1-2-6-17/h10-11H,1-9H2,(H2,14,16). The SMILES string of the molecule is Nc1ncn(CC(=O)N2CCC(N3CCCC3)CC2)n1. The first-order valence-corrected chi connectivity index (χ1v) is 7.39. The molecule has 7 heteroatoms. The number of piperidine rings is 1. The number of aromatic nitrogens is 3. The second-order valence-corrected chi connectivity index (χ2v) is 5.66. The summed E-state index contributed by atoms with van der Waals surface area (Å²) in [6.07, 6.45) is 6.33. The highest BCUT2D eigenvalue weighted by Crippen LogP contribution is 2.21. The molecule has 110 valence electrons. The summed E-state index contributed by atoms with van der Waals surface area (Å²) < 4.78 is 1.50. The Morgan fingerprint density at radius 2 is 1.95 bits per heavy atom. The molecule has 3 heterocycles. The van der Waals surface area contributed by atoms with Crippen molar-refractivity contribution in [2.75, 3.05) is 31.9 Å². The maximum atomic E-state index is 12.2. The third kappa shape index (κ3) is 2.92. The summed E-state index contributed by atoms with van der Waals surface area (Å²) in [5.41, 5.74) is 5.45. The minimum Gasteiger partial charge on any atom is -0.367 e. The molecule has 0 aromatic carbocycles. The van der Waals surface area contributed by atoms with Gasteiger partial charge in [-0.15, -0.1) is 5.10 Å². The van der Waals surface area contributed by atoms with Crippen LogP contribution in [-0.2, 0) is 11.3 Å². The van der Waals surface area contributed by atoms with E-state index in [-0.39, 0.29) is 18.4 Å². The van der Waals surface area contributed by atoms with Crippen molar-refractivity contribution in [3.8, 4) is 0 Å². The van der Waals surface area contributed by atoms with Crippen molar-refractivity contribution in [3.63, 3.8) is 0 Å². The number of carbonyl (C=O) groups excluding carboxylic acids is 1. The Kier molecular flexibility index (Phi) is 3.86. The van der Waals surface area contributed by atoms with E-state index >= 15 is 0 Å². The largest absolute Gasteiger partial charge is 0.367 e. The number of nitrogens with two attached hydrogens (primary N) is 1. The van der Waals surface area contributed by atoms with Crippen LogP contribution in [0.2, 0.25) is 0 Å². The fraction of sp³-hybridized carbons (Fsp3) is 0.769. The summed E-state index contributed by atoms with van der Waals surface area (Å²) in [5.74, 6) is 0.320. The first-order chi connectivity index (χ1) is 9.72. The van der Waals surface area contributed by atoms with Crippen LogP contribution in [0.3, 0.4) is 0 Å². The van der Waals surface area contributed by atoms with Gasteiger partial charge in [0.25, 0.3) is 0 Å². The molecule has 2 N–H and O–H groups in total. The van der Waals surface area contributed by atoms with Gasteiger partial charge in [-0.3, -0.25) is 4.79 Å². The molecule has 0 spiro atoms. The van der Waals surface area contributed by atoms with Crippen LogP contribution in [0.15, 0.2) is 6.33 Å². The van der Waals surface area contributed by atoms with Crippen molar-refractivity contribution in [1.29, 1.82) is 0 Å². The van der Waals surface area contributed by atoms with Gasteiger partial charge in [0.05, 0.1) is 0 Å². The van der Waals surface area contributed by atoms with E-state index in [9.17, 15) is 4.79 Å². The number of nitrogen functional groups attached to an aromatic ring is 1. The summed E-state index contributed by atoms with van der Waals surface area (Å²) in [6, 6.07) is 0.670. The zero-order valence-electron chi connectivity index (χ0n) is 11.7. The van der Waals surface area contributed by atoms with Crippen molar-refractivity contribution in [1.82, 2.24) is 24.6 Å². The molecule has 0 unspecified atom stereocenters. The van der Waals surface area contributed by atoms with Crippen LogP contribution in [0.1, 0.15) is 25.7 Å². The Bertz CT molecular complexity index is 459. The van der Waals surface area contributed by atoms with Crippen molar-refractivity contribution in [2.24, 2.45) is 0 Å². The van der Waals surface area contributed by atoms with Crippen molar-refractivity contribution < 1.29 is 4.79 Å². The Morgan fingerprint density at radius 1 is 1.25 bits per heavy atom. The van der Waals surface area contributed by atoms with Gasteiger partial charge in [-0.25, -0.2) is 9.67 Å². The van der Waals surface area contributed by atoms with Crippen LogP contribution in [0.25, 0.3) is 0 Å². The number of likely N-dealkylation sites (tertiary alicyclic amines) is 2. The zero-order chi connectivity index (χ0) is 13.9. The van der Waals surface area contributed by atoms with Crippen LogP contribution < -0.4 is 5.73 Å². The molecule has 0 aliphatic carbocycles. The number of rotatable bonds is 3. The topological polar surface area (TPSA) is 80.3 Å². The molecule has 2 fully saturated rings. The van der Waals surface area contributed by atoms with Gasteiger partial charge in [-0.1, -0.05) is 0 Å². The predicted molar refractivity (Wildman–Crippen MR) is 74.8 cm³/mol. The Labute approximate surface area is 118 Å². The molecule has 20 heavy (non-hydrogen) atoms. The van der Waals surface area contributed by atoms with Crippen LogP contribution in [0, 0.1) is 0 Å². The first-order valence-electron chi connectivity index (χ1n) is 7.39. The minimum absolute atomic E-state index is 0.106. The third-order valence-electron chi connectivity index (χ3n) is 4.33. The first kappa shape index (κ1) is 13.4. The minimum atomic E-state index is 0.106. The van der Waals surface area contributed by atoms with E-state index in [0.29, 0.717) is 6.04 Å². The molecule has 7 nitrogen and oxygen atoms in total. The molecule has 1 aromatic heterocycles. The van der Waals surface area contributed by atoms with Crippen LogP contribution >= 0.6 is 0 Å². The lowest BCUT2D eigenvalue weighted by atomic mass is 10.0. The van der Waals surface area contributed by atoms with Crippen molar-refractivity contribution in [2.45, 2.75) is 38.3 Å². The van der Waals surface area contributed by atoms with Crippen LogP contribution in [-0.4, -0.2) is 62.7 Å². The van der Waals surface area contributed by atoms with Gasteiger partial charge in [0.2, 0.25) is 11.9 Å². The average Bonchev–Trinajstić information content (AvgIpc) is 3.11. The van der Waals surface area contributed by atoms with Gasteiger partial charge < -0.3 is 15.5 Å². The second kappa shape index (κ2) is 5.78. The van der Waals surface area contributed by atoms with Crippen molar-refractivity contribution in [3.05, 3.63) is 6.33 Å². The Morgan fingerprint density at radius 3 is 2.55 bits per heavy atom. The summed E-state index contributed by atoms with van der Waals surface area (Å²) in [4.78, 5) is 20.5. The fourth-order valence-corrected chi connectivity index (χ4v) is 3.21. The van der Waals surface area contributed by atoms with E-state index in [2.05, 4.69) is 15.0 Å². The predicted octanol–water partition coefficient (Wildman–Crippen LogP) is -0.0529. The lowest BCUT2D eigenvalue weighted by molar-refractivity contribution is -0.133. The maximum Gasteiger partial charge on any atom is 0.244 e.